The van der Waals surface area contributed by atoms with E-state index in [0.29, 0.717) is 12.2 Å². The second-order valence-corrected chi connectivity index (χ2v) is 7.63. The lowest BCUT2D eigenvalue weighted by molar-refractivity contribution is 0.104. The van der Waals surface area contributed by atoms with Gasteiger partial charge in [-0.05, 0) is 83.6 Å². The zero-order valence-corrected chi connectivity index (χ0v) is 18.0. The predicted molar refractivity (Wildman–Crippen MR) is 121 cm³/mol. The highest BCUT2D eigenvalue weighted by atomic mass is 127. The first-order valence-electron chi connectivity index (χ1n) is 8.89. The number of methoxy groups -OCH3 is 1. The molecule has 0 atom stereocenters. The van der Waals surface area contributed by atoms with Crippen LogP contribution in [0, 0.1) is 10.5 Å². The summed E-state index contributed by atoms with van der Waals surface area (Å²) in [6, 6.07) is 21.3. The van der Waals surface area contributed by atoms with Gasteiger partial charge < -0.3 is 9.47 Å². The van der Waals surface area contributed by atoms with Gasteiger partial charge in [0.2, 0.25) is 0 Å². The number of halogens is 1. The van der Waals surface area contributed by atoms with Crippen LogP contribution in [0.4, 0.5) is 0 Å². The van der Waals surface area contributed by atoms with E-state index in [1.807, 2.05) is 79.7 Å². The fourth-order valence-corrected chi connectivity index (χ4v) is 3.13. The second-order valence-electron chi connectivity index (χ2n) is 6.38. The van der Waals surface area contributed by atoms with Crippen LogP contribution in [0.15, 0.2) is 72.8 Å². The number of benzene rings is 3. The molecule has 3 aromatic rings. The van der Waals surface area contributed by atoms with E-state index in [1.54, 1.807) is 13.2 Å². The first-order valence-corrected chi connectivity index (χ1v) is 9.97. The van der Waals surface area contributed by atoms with Crippen LogP contribution in [0.5, 0.6) is 11.5 Å². The zero-order valence-electron chi connectivity index (χ0n) is 15.8. The van der Waals surface area contributed by atoms with Crippen LogP contribution in [0.1, 0.15) is 27.0 Å². The number of carbonyl (C=O) groups is 1. The molecule has 0 amide bonds. The standard InChI is InChI=1S/C24H21IO3/c1-17-4-3-5-19(14-17)23(26)12-6-18-7-13-24(27-2)20(15-18)16-28-22-10-8-21(25)9-11-22/h3-15H,16H2,1-2H3/b12-6+. The number of aryl methyl sites for hydroxylation is 1. The van der Waals surface area contributed by atoms with Crippen molar-refractivity contribution < 1.29 is 14.3 Å². The number of ether oxygens (including phenoxy) is 2. The lowest BCUT2D eigenvalue weighted by atomic mass is 10.1. The van der Waals surface area contributed by atoms with Crippen LogP contribution in [-0.2, 0) is 6.61 Å². The SMILES string of the molecule is COc1ccc(/C=C/C(=O)c2cccc(C)c2)cc1COc1ccc(I)cc1. The average molecular weight is 484 g/mol. The maximum atomic E-state index is 12.4. The van der Waals surface area contributed by atoms with E-state index in [1.165, 1.54) is 0 Å². The molecule has 3 rings (SSSR count). The highest BCUT2D eigenvalue weighted by Crippen LogP contribution is 2.23. The van der Waals surface area contributed by atoms with Gasteiger partial charge in [0, 0.05) is 14.7 Å². The van der Waals surface area contributed by atoms with Gasteiger partial charge in [0.25, 0.3) is 0 Å². The van der Waals surface area contributed by atoms with Gasteiger partial charge in [-0.1, -0.05) is 35.9 Å². The Bertz CT molecular complexity index is 991. The summed E-state index contributed by atoms with van der Waals surface area (Å²) in [5, 5.41) is 0. The molecular weight excluding hydrogens is 463 g/mol. The Kier molecular flexibility index (Phi) is 6.87. The van der Waals surface area contributed by atoms with Crippen molar-refractivity contribution in [2.75, 3.05) is 7.11 Å². The average Bonchev–Trinajstić information content (AvgIpc) is 2.71. The molecule has 0 radical (unpaired) electrons. The Balaban J connectivity index is 1.74. The minimum Gasteiger partial charge on any atom is -0.496 e. The van der Waals surface area contributed by atoms with E-state index in [-0.39, 0.29) is 5.78 Å². The van der Waals surface area contributed by atoms with Crippen LogP contribution < -0.4 is 9.47 Å². The molecule has 0 aliphatic carbocycles. The van der Waals surface area contributed by atoms with Crippen molar-refractivity contribution in [1.29, 1.82) is 0 Å². The van der Waals surface area contributed by atoms with Gasteiger partial charge in [-0.15, -0.1) is 0 Å². The predicted octanol–water partition coefficient (Wildman–Crippen LogP) is 6.08. The van der Waals surface area contributed by atoms with Crippen molar-refractivity contribution >= 4 is 34.5 Å². The molecule has 0 aliphatic rings. The summed E-state index contributed by atoms with van der Waals surface area (Å²) in [6.07, 6.45) is 3.42. The van der Waals surface area contributed by atoms with Crippen molar-refractivity contribution in [1.82, 2.24) is 0 Å². The van der Waals surface area contributed by atoms with E-state index >= 15 is 0 Å². The monoisotopic (exact) mass is 484 g/mol. The third-order valence-electron chi connectivity index (χ3n) is 4.24. The van der Waals surface area contributed by atoms with Crippen molar-refractivity contribution in [2.24, 2.45) is 0 Å². The highest BCUT2D eigenvalue weighted by Gasteiger charge is 2.06. The maximum Gasteiger partial charge on any atom is 0.185 e. The van der Waals surface area contributed by atoms with Gasteiger partial charge in [0.1, 0.15) is 18.1 Å². The molecule has 0 saturated carbocycles. The molecule has 0 aliphatic heterocycles. The minimum atomic E-state index is -0.0174. The van der Waals surface area contributed by atoms with Gasteiger partial charge in [-0.2, -0.15) is 0 Å². The first-order chi connectivity index (χ1) is 13.5. The zero-order chi connectivity index (χ0) is 19.9. The topological polar surface area (TPSA) is 35.5 Å². The Morgan fingerprint density at radius 2 is 1.82 bits per heavy atom. The van der Waals surface area contributed by atoms with Crippen molar-refractivity contribution in [3.05, 3.63) is 98.6 Å². The number of rotatable bonds is 7. The molecule has 142 valence electrons. The molecule has 0 N–H and O–H groups in total. The molecule has 0 unspecified atom stereocenters. The maximum absolute atomic E-state index is 12.4. The molecule has 4 heteroatoms. The molecule has 0 heterocycles. The van der Waals surface area contributed by atoms with Gasteiger partial charge in [-0.3, -0.25) is 4.79 Å². The third-order valence-corrected chi connectivity index (χ3v) is 4.96. The summed E-state index contributed by atoms with van der Waals surface area (Å²) in [5.74, 6) is 1.54. The number of hydrogen-bond acceptors (Lipinski definition) is 3. The fraction of sp³-hybridized carbons (Fsp3) is 0.125. The van der Waals surface area contributed by atoms with E-state index < -0.39 is 0 Å². The van der Waals surface area contributed by atoms with Crippen LogP contribution in [0.25, 0.3) is 6.08 Å². The Morgan fingerprint density at radius 1 is 1.04 bits per heavy atom. The largest absolute Gasteiger partial charge is 0.496 e. The molecular formula is C24H21IO3. The molecule has 0 aromatic heterocycles. The smallest absolute Gasteiger partial charge is 0.185 e. The van der Waals surface area contributed by atoms with Crippen molar-refractivity contribution in [2.45, 2.75) is 13.5 Å². The van der Waals surface area contributed by atoms with E-state index in [0.717, 1.165) is 31.8 Å². The Hall–Kier alpha value is -2.60. The summed E-state index contributed by atoms with van der Waals surface area (Å²) in [4.78, 5) is 12.4. The Labute approximate surface area is 179 Å². The van der Waals surface area contributed by atoms with Gasteiger partial charge in [0.15, 0.2) is 5.78 Å². The number of allylic oxidation sites excluding steroid dienone is 1. The summed E-state index contributed by atoms with van der Waals surface area (Å²) in [7, 11) is 1.64. The van der Waals surface area contributed by atoms with Gasteiger partial charge >= 0.3 is 0 Å². The number of ketones is 1. The molecule has 3 nitrogen and oxygen atoms in total. The van der Waals surface area contributed by atoms with Crippen molar-refractivity contribution in [3.8, 4) is 11.5 Å². The minimum absolute atomic E-state index is 0.0174. The normalized spacial score (nSPS) is 10.8. The molecule has 3 aromatic carbocycles. The van der Waals surface area contributed by atoms with Crippen LogP contribution >= 0.6 is 22.6 Å². The molecule has 0 spiro atoms. The summed E-state index contributed by atoms with van der Waals surface area (Å²) < 4.78 is 12.5. The third kappa shape index (κ3) is 5.45. The molecule has 0 bridgehead atoms. The van der Waals surface area contributed by atoms with Crippen molar-refractivity contribution in [3.63, 3.8) is 0 Å². The number of hydrogen-bond donors (Lipinski definition) is 0. The summed E-state index contributed by atoms with van der Waals surface area (Å²) >= 11 is 2.26. The second kappa shape index (κ2) is 9.55. The molecule has 0 fully saturated rings. The number of carbonyl (C=O) groups excluding carboxylic acids is 1. The lowest BCUT2D eigenvalue weighted by Crippen LogP contribution is -1.99. The lowest BCUT2D eigenvalue weighted by Gasteiger charge is -2.11. The van der Waals surface area contributed by atoms with E-state index in [9.17, 15) is 4.79 Å². The van der Waals surface area contributed by atoms with E-state index in [4.69, 9.17) is 9.47 Å². The van der Waals surface area contributed by atoms with Crippen LogP contribution in [0.2, 0.25) is 0 Å². The van der Waals surface area contributed by atoms with Gasteiger partial charge in [0.05, 0.1) is 7.11 Å². The van der Waals surface area contributed by atoms with Crippen LogP contribution in [0.3, 0.4) is 0 Å². The summed E-state index contributed by atoms with van der Waals surface area (Å²) in [5.41, 5.74) is 3.60. The highest BCUT2D eigenvalue weighted by molar-refractivity contribution is 14.1. The fourth-order valence-electron chi connectivity index (χ4n) is 2.77. The quantitative estimate of drug-likeness (QED) is 0.232. The molecule has 28 heavy (non-hydrogen) atoms. The van der Waals surface area contributed by atoms with Crippen LogP contribution in [-0.4, -0.2) is 12.9 Å². The van der Waals surface area contributed by atoms with Gasteiger partial charge in [-0.25, -0.2) is 0 Å². The first kappa shape index (κ1) is 20.1. The Morgan fingerprint density at radius 3 is 2.54 bits per heavy atom. The van der Waals surface area contributed by atoms with E-state index in [2.05, 4.69) is 22.6 Å². The molecule has 0 saturated heterocycles. The summed E-state index contributed by atoms with van der Waals surface area (Å²) in [6.45, 7) is 2.36.